The largest absolute Gasteiger partial charge is 0.576 e. The fourth-order valence-corrected chi connectivity index (χ4v) is 1.69. The van der Waals surface area contributed by atoms with Crippen LogP contribution in [-0.4, -0.2) is 7.69 Å². The molecule has 4 nitrogen and oxygen atoms in total. The standard InChI is InChI=1S/C14H17BN2O2/c16-9-11-3-1-5-13(7-11)18-15-19-14-6-2-4-12(8-14)10-17/h1-8,15H,9-10,16-17H2. The molecule has 5 heteroatoms. The summed E-state index contributed by atoms with van der Waals surface area (Å²) in [6, 6.07) is 15.3. The molecule has 0 unspecified atom stereocenters. The lowest BCUT2D eigenvalue weighted by Gasteiger charge is -2.09. The van der Waals surface area contributed by atoms with Crippen LogP contribution in [0, 0.1) is 0 Å². The number of nitrogens with two attached hydrogens (primary N) is 2. The van der Waals surface area contributed by atoms with Gasteiger partial charge in [0.15, 0.2) is 0 Å². The van der Waals surface area contributed by atoms with E-state index in [1.165, 1.54) is 0 Å². The van der Waals surface area contributed by atoms with Crippen LogP contribution >= 0.6 is 0 Å². The molecular weight excluding hydrogens is 239 g/mol. The first-order valence-electron chi connectivity index (χ1n) is 6.15. The van der Waals surface area contributed by atoms with E-state index in [9.17, 15) is 0 Å². The van der Waals surface area contributed by atoms with Crippen molar-refractivity contribution < 1.29 is 9.31 Å². The fraction of sp³-hybridized carbons (Fsp3) is 0.143. The minimum atomic E-state index is 0.155. The van der Waals surface area contributed by atoms with Gasteiger partial charge in [-0.15, -0.1) is 0 Å². The Hall–Kier alpha value is -1.98. The van der Waals surface area contributed by atoms with E-state index < -0.39 is 0 Å². The first-order valence-corrected chi connectivity index (χ1v) is 6.15. The molecular formula is C14H17BN2O2. The van der Waals surface area contributed by atoms with Gasteiger partial charge in [-0.05, 0) is 35.4 Å². The second kappa shape index (κ2) is 6.82. The van der Waals surface area contributed by atoms with Crippen molar-refractivity contribution >= 4 is 7.69 Å². The molecule has 2 aromatic rings. The average Bonchev–Trinajstić information content (AvgIpc) is 2.48. The van der Waals surface area contributed by atoms with Crippen LogP contribution in [-0.2, 0) is 13.1 Å². The molecule has 0 bridgehead atoms. The minimum absolute atomic E-state index is 0.155. The van der Waals surface area contributed by atoms with E-state index in [4.69, 9.17) is 20.8 Å². The SMILES string of the molecule is NCc1cccc(OBOc2cccc(CN)c2)c1. The maximum atomic E-state index is 5.57. The summed E-state index contributed by atoms with van der Waals surface area (Å²) in [5, 5.41) is 0. The van der Waals surface area contributed by atoms with Gasteiger partial charge in [-0.3, -0.25) is 0 Å². The van der Waals surface area contributed by atoms with E-state index in [-0.39, 0.29) is 7.69 Å². The molecule has 0 amide bonds. The van der Waals surface area contributed by atoms with Crippen LogP contribution in [0.1, 0.15) is 11.1 Å². The van der Waals surface area contributed by atoms with Crippen molar-refractivity contribution in [1.82, 2.24) is 0 Å². The lowest BCUT2D eigenvalue weighted by Crippen LogP contribution is -2.11. The average molecular weight is 256 g/mol. The predicted molar refractivity (Wildman–Crippen MR) is 77.1 cm³/mol. The lowest BCUT2D eigenvalue weighted by molar-refractivity contribution is 0.458. The Morgan fingerprint density at radius 1 is 0.789 bits per heavy atom. The van der Waals surface area contributed by atoms with Gasteiger partial charge in [0, 0.05) is 13.1 Å². The summed E-state index contributed by atoms with van der Waals surface area (Å²) in [7, 11) is 0.155. The first kappa shape index (κ1) is 13.5. The Morgan fingerprint density at radius 3 is 1.68 bits per heavy atom. The molecule has 0 aliphatic carbocycles. The molecule has 0 saturated carbocycles. The van der Waals surface area contributed by atoms with E-state index in [0.29, 0.717) is 13.1 Å². The number of rotatable bonds is 6. The van der Waals surface area contributed by atoms with Gasteiger partial charge in [-0.25, -0.2) is 0 Å². The summed E-state index contributed by atoms with van der Waals surface area (Å²) in [5.74, 6) is 1.50. The van der Waals surface area contributed by atoms with Crippen LogP contribution in [0.4, 0.5) is 0 Å². The number of hydrogen-bond acceptors (Lipinski definition) is 4. The second-order valence-electron chi connectivity index (χ2n) is 4.11. The van der Waals surface area contributed by atoms with E-state index in [1.54, 1.807) is 0 Å². The van der Waals surface area contributed by atoms with Gasteiger partial charge in [0.25, 0.3) is 0 Å². The Balaban J connectivity index is 1.88. The summed E-state index contributed by atoms with van der Waals surface area (Å²) >= 11 is 0. The van der Waals surface area contributed by atoms with Crippen molar-refractivity contribution in [2.24, 2.45) is 11.5 Å². The Morgan fingerprint density at radius 2 is 1.26 bits per heavy atom. The summed E-state index contributed by atoms with van der Waals surface area (Å²) in [5.41, 5.74) is 13.2. The summed E-state index contributed by atoms with van der Waals surface area (Å²) in [4.78, 5) is 0. The zero-order valence-corrected chi connectivity index (χ0v) is 10.7. The van der Waals surface area contributed by atoms with Crippen LogP contribution in [0.5, 0.6) is 11.5 Å². The summed E-state index contributed by atoms with van der Waals surface area (Å²) in [6.07, 6.45) is 0. The van der Waals surface area contributed by atoms with E-state index >= 15 is 0 Å². The van der Waals surface area contributed by atoms with Crippen LogP contribution in [0.2, 0.25) is 0 Å². The maximum absolute atomic E-state index is 5.57. The van der Waals surface area contributed by atoms with Gasteiger partial charge in [0.1, 0.15) is 11.5 Å². The van der Waals surface area contributed by atoms with Gasteiger partial charge in [0.05, 0.1) is 0 Å². The highest BCUT2D eigenvalue weighted by atomic mass is 16.6. The van der Waals surface area contributed by atoms with Gasteiger partial charge in [-0.2, -0.15) is 0 Å². The molecule has 0 aromatic heterocycles. The molecule has 0 fully saturated rings. The Bertz CT molecular complexity index is 487. The smallest absolute Gasteiger partial charge is 0.529 e. The Kier molecular flexibility index (Phi) is 4.83. The van der Waals surface area contributed by atoms with Crippen molar-refractivity contribution in [3.8, 4) is 11.5 Å². The summed E-state index contributed by atoms with van der Waals surface area (Å²) in [6.45, 7) is 0.993. The minimum Gasteiger partial charge on any atom is -0.529 e. The third-order valence-electron chi connectivity index (χ3n) is 2.72. The highest BCUT2D eigenvalue weighted by molar-refractivity contribution is 6.20. The van der Waals surface area contributed by atoms with Crippen molar-refractivity contribution in [3.05, 3.63) is 59.7 Å². The molecule has 0 aliphatic rings. The molecule has 0 spiro atoms. The zero-order chi connectivity index (χ0) is 13.5. The summed E-state index contributed by atoms with van der Waals surface area (Å²) < 4.78 is 11.0. The number of hydrogen-bond donors (Lipinski definition) is 2. The third-order valence-corrected chi connectivity index (χ3v) is 2.72. The molecule has 98 valence electrons. The molecule has 19 heavy (non-hydrogen) atoms. The molecule has 0 radical (unpaired) electrons. The van der Waals surface area contributed by atoms with E-state index in [0.717, 1.165) is 22.6 Å². The van der Waals surface area contributed by atoms with Crippen LogP contribution < -0.4 is 20.8 Å². The molecule has 0 saturated heterocycles. The first-order chi connectivity index (χ1) is 9.31. The van der Waals surface area contributed by atoms with Gasteiger partial charge < -0.3 is 20.8 Å². The molecule has 0 aliphatic heterocycles. The topological polar surface area (TPSA) is 70.5 Å². The van der Waals surface area contributed by atoms with E-state index in [2.05, 4.69) is 0 Å². The van der Waals surface area contributed by atoms with Crippen molar-refractivity contribution in [3.63, 3.8) is 0 Å². The highest BCUT2D eigenvalue weighted by Crippen LogP contribution is 2.15. The van der Waals surface area contributed by atoms with Crippen molar-refractivity contribution in [2.45, 2.75) is 13.1 Å². The fourth-order valence-electron chi connectivity index (χ4n) is 1.69. The number of benzene rings is 2. The zero-order valence-electron chi connectivity index (χ0n) is 10.7. The van der Waals surface area contributed by atoms with Crippen LogP contribution in [0.25, 0.3) is 0 Å². The second-order valence-corrected chi connectivity index (χ2v) is 4.11. The molecule has 2 rings (SSSR count). The van der Waals surface area contributed by atoms with Crippen molar-refractivity contribution in [1.29, 1.82) is 0 Å². The van der Waals surface area contributed by atoms with Crippen LogP contribution in [0.3, 0.4) is 0 Å². The quantitative estimate of drug-likeness (QED) is 0.765. The third kappa shape index (κ3) is 4.01. The Labute approximate surface area is 113 Å². The maximum Gasteiger partial charge on any atom is 0.576 e. The van der Waals surface area contributed by atoms with E-state index in [1.807, 2.05) is 48.5 Å². The van der Waals surface area contributed by atoms with Crippen molar-refractivity contribution in [2.75, 3.05) is 0 Å². The normalized spacial score (nSPS) is 10.0. The molecule has 2 aromatic carbocycles. The molecule has 0 heterocycles. The van der Waals surface area contributed by atoms with Gasteiger partial charge in [-0.1, -0.05) is 24.3 Å². The molecule has 0 atom stereocenters. The predicted octanol–water partition coefficient (Wildman–Crippen LogP) is 1.33. The van der Waals surface area contributed by atoms with Gasteiger partial charge >= 0.3 is 7.69 Å². The van der Waals surface area contributed by atoms with Crippen LogP contribution in [0.15, 0.2) is 48.5 Å². The monoisotopic (exact) mass is 256 g/mol. The lowest BCUT2D eigenvalue weighted by atomic mass is 10.2. The highest BCUT2D eigenvalue weighted by Gasteiger charge is 2.01. The molecule has 4 N–H and O–H groups in total. The van der Waals surface area contributed by atoms with Gasteiger partial charge in [0.2, 0.25) is 0 Å².